The second-order valence-corrected chi connectivity index (χ2v) is 4.10. The predicted octanol–water partition coefficient (Wildman–Crippen LogP) is 2.73. The monoisotopic (exact) mass is 198 g/mol. The number of hydrogen-bond acceptors (Lipinski definition) is 2. The van der Waals surface area contributed by atoms with Gasteiger partial charge in [-0.1, -0.05) is 18.2 Å². The number of fused-ring (bicyclic) bond motifs is 2. The van der Waals surface area contributed by atoms with Crippen LogP contribution in [0.25, 0.3) is 5.57 Å². The van der Waals surface area contributed by atoms with Crippen LogP contribution in [-0.2, 0) is 0 Å². The summed E-state index contributed by atoms with van der Waals surface area (Å²) in [5.74, 6) is 0. The fourth-order valence-corrected chi connectivity index (χ4v) is 2.42. The Bertz CT molecular complexity index is 469. The molecular formula is C13H14N2. The second kappa shape index (κ2) is 3.23. The second-order valence-electron chi connectivity index (χ2n) is 4.10. The molecule has 0 aromatic heterocycles. The van der Waals surface area contributed by atoms with Gasteiger partial charge in [0.1, 0.15) is 0 Å². The molecule has 1 aromatic carbocycles. The zero-order chi connectivity index (χ0) is 10.3. The summed E-state index contributed by atoms with van der Waals surface area (Å²) in [5, 5.41) is 3.48. The highest BCUT2D eigenvalue weighted by Crippen LogP contribution is 2.34. The van der Waals surface area contributed by atoms with Crippen LogP contribution in [0.15, 0.2) is 34.8 Å². The van der Waals surface area contributed by atoms with Gasteiger partial charge in [0.2, 0.25) is 0 Å². The summed E-state index contributed by atoms with van der Waals surface area (Å²) in [4.78, 5) is 4.54. The molecule has 0 atom stereocenters. The van der Waals surface area contributed by atoms with E-state index in [0.717, 1.165) is 19.5 Å². The van der Waals surface area contributed by atoms with Gasteiger partial charge < -0.3 is 5.32 Å². The van der Waals surface area contributed by atoms with E-state index in [0.29, 0.717) is 0 Å². The number of aliphatic imine (C=N–C) groups is 1. The molecule has 1 N–H and O–H groups in total. The van der Waals surface area contributed by atoms with Crippen molar-refractivity contribution in [3.63, 3.8) is 0 Å². The SMILES string of the molecule is CC1=NCC2=C1c1ccccc1NCC2. The number of nitrogens with zero attached hydrogens (tertiary/aromatic N) is 1. The van der Waals surface area contributed by atoms with Crippen molar-refractivity contribution in [1.29, 1.82) is 0 Å². The summed E-state index contributed by atoms with van der Waals surface area (Å²) in [7, 11) is 0. The lowest BCUT2D eigenvalue weighted by Gasteiger charge is -2.09. The van der Waals surface area contributed by atoms with Crippen LogP contribution < -0.4 is 5.32 Å². The molecule has 1 aromatic rings. The largest absolute Gasteiger partial charge is 0.384 e. The van der Waals surface area contributed by atoms with Gasteiger partial charge in [-0.3, -0.25) is 4.99 Å². The van der Waals surface area contributed by atoms with Crippen molar-refractivity contribution in [2.24, 2.45) is 4.99 Å². The molecule has 0 amide bonds. The fourth-order valence-electron chi connectivity index (χ4n) is 2.42. The first kappa shape index (κ1) is 8.72. The molecule has 76 valence electrons. The van der Waals surface area contributed by atoms with Crippen LogP contribution in [0.5, 0.6) is 0 Å². The van der Waals surface area contributed by atoms with Crippen LogP contribution >= 0.6 is 0 Å². The number of rotatable bonds is 0. The highest BCUT2D eigenvalue weighted by atomic mass is 14.9. The number of allylic oxidation sites excluding steroid dienone is 1. The Morgan fingerprint density at radius 3 is 3.07 bits per heavy atom. The minimum atomic E-state index is 0.900. The molecule has 2 aliphatic heterocycles. The summed E-state index contributed by atoms with van der Waals surface area (Å²) < 4.78 is 0. The number of benzene rings is 1. The molecule has 0 radical (unpaired) electrons. The van der Waals surface area contributed by atoms with Gasteiger partial charge in [0.05, 0.1) is 6.54 Å². The number of nitrogens with one attached hydrogen (secondary N) is 1. The summed E-state index contributed by atoms with van der Waals surface area (Å²) in [6.45, 7) is 4.04. The maximum Gasteiger partial charge on any atom is 0.0613 e. The Morgan fingerprint density at radius 2 is 2.13 bits per heavy atom. The van der Waals surface area contributed by atoms with E-state index in [1.807, 2.05) is 0 Å². The Balaban J connectivity index is 2.22. The lowest BCUT2D eigenvalue weighted by atomic mass is 9.97. The van der Waals surface area contributed by atoms with Crippen LogP contribution in [-0.4, -0.2) is 18.8 Å². The van der Waals surface area contributed by atoms with Crippen molar-refractivity contribution in [2.45, 2.75) is 13.3 Å². The summed E-state index contributed by atoms with van der Waals surface area (Å²) in [6.07, 6.45) is 1.12. The van der Waals surface area contributed by atoms with Crippen LogP contribution in [0.1, 0.15) is 18.9 Å². The molecule has 0 fully saturated rings. The molecule has 0 saturated heterocycles. The highest BCUT2D eigenvalue weighted by molar-refractivity contribution is 6.26. The Kier molecular flexibility index (Phi) is 1.88. The zero-order valence-corrected chi connectivity index (χ0v) is 8.88. The fraction of sp³-hybridized carbons (Fsp3) is 0.308. The van der Waals surface area contributed by atoms with E-state index in [4.69, 9.17) is 0 Å². The van der Waals surface area contributed by atoms with Crippen molar-refractivity contribution < 1.29 is 0 Å². The maximum absolute atomic E-state index is 4.54. The molecule has 0 bridgehead atoms. The van der Waals surface area contributed by atoms with E-state index >= 15 is 0 Å². The minimum absolute atomic E-state index is 0.900. The van der Waals surface area contributed by atoms with Gasteiger partial charge >= 0.3 is 0 Å². The van der Waals surface area contributed by atoms with Crippen LogP contribution in [0, 0.1) is 0 Å². The number of anilines is 1. The molecule has 0 aliphatic carbocycles. The number of para-hydroxylation sites is 1. The third-order valence-electron chi connectivity index (χ3n) is 3.16. The van der Waals surface area contributed by atoms with Crippen LogP contribution in [0.4, 0.5) is 5.69 Å². The van der Waals surface area contributed by atoms with E-state index in [-0.39, 0.29) is 0 Å². The molecule has 0 spiro atoms. The highest BCUT2D eigenvalue weighted by Gasteiger charge is 2.21. The Morgan fingerprint density at radius 1 is 1.27 bits per heavy atom. The van der Waals surface area contributed by atoms with Gasteiger partial charge in [0.15, 0.2) is 0 Å². The zero-order valence-electron chi connectivity index (χ0n) is 8.88. The van der Waals surface area contributed by atoms with Crippen molar-refractivity contribution in [3.8, 4) is 0 Å². The topological polar surface area (TPSA) is 24.4 Å². The van der Waals surface area contributed by atoms with Crippen molar-refractivity contribution in [3.05, 3.63) is 35.4 Å². The smallest absolute Gasteiger partial charge is 0.0613 e. The Hall–Kier alpha value is -1.57. The maximum atomic E-state index is 4.54. The first-order chi connectivity index (χ1) is 7.36. The molecular weight excluding hydrogens is 184 g/mol. The van der Waals surface area contributed by atoms with E-state index in [1.54, 1.807) is 0 Å². The number of hydrogen-bond donors (Lipinski definition) is 1. The summed E-state index contributed by atoms with van der Waals surface area (Å²) in [5.41, 5.74) is 6.64. The third kappa shape index (κ3) is 1.29. The molecule has 3 rings (SSSR count). The van der Waals surface area contributed by atoms with Gasteiger partial charge in [-0.2, -0.15) is 0 Å². The molecule has 2 aliphatic rings. The predicted molar refractivity (Wildman–Crippen MR) is 64.4 cm³/mol. The molecule has 0 unspecified atom stereocenters. The third-order valence-corrected chi connectivity index (χ3v) is 3.16. The van der Waals surface area contributed by atoms with Gasteiger partial charge in [0.25, 0.3) is 0 Å². The standard InChI is InChI=1S/C13H14N2/c1-9-13-10(8-15-9)6-7-14-12-5-3-2-4-11(12)13/h2-5,14H,6-8H2,1H3. The summed E-state index contributed by atoms with van der Waals surface area (Å²) >= 11 is 0. The quantitative estimate of drug-likeness (QED) is 0.681. The lowest BCUT2D eigenvalue weighted by Crippen LogP contribution is -2.02. The molecule has 2 heteroatoms. The Labute approximate surface area is 89.7 Å². The van der Waals surface area contributed by atoms with E-state index < -0.39 is 0 Å². The van der Waals surface area contributed by atoms with Gasteiger partial charge in [-0.25, -0.2) is 0 Å². The molecule has 15 heavy (non-hydrogen) atoms. The van der Waals surface area contributed by atoms with E-state index in [1.165, 1.54) is 28.1 Å². The molecule has 2 nitrogen and oxygen atoms in total. The van der Waals surface area contributed by atoms with Crippen molar-refractivity contribution >= 4 is 17.0 Å². The molecule has 2 heterocycles. The average molecular weight is 198 g/mol. The van der Waals surface area contributed by atoms with Gasteiger partial charge in [-0.05, 0) is 25.0 Å². The van der Waals surface area contributed by atoms with Gasteiger partial charge in [0, 0.05) is 29.1 Å². The van der Waals surface area contributed by atoms with E-state index in [9.17, 15) is 0 Å². The van der Waals surface area contributed by atoms with Crippen LogP contribution in [0.2, 0.25) is 0 Å². The van der Waals surface area contributed by atoms with Crippen LogP contribution in [0.3, 0.4) is 0 Å². The normalized spacial score (nSPS) is 18.9. The first-order valence-electron chi connectivity index (χ1n) is 5.43. The average Bonchev–Trinajstić information content (AvgIpc) is 2.52. The van der Waals surface area contributed by atoms with Crippen molar-refractivity contribution in [2.75, 3.05) is 18.4 Å². The first-order valence-corrected chi connectivity index (χ1v) is 5.43. The van der Waals surface area contributed by atoms with Gasteiger partial charge in [-0.15, -0.1) is 0 Å². The van der Waals surface area contributed by atoms with Crippen molar-refractivity contribution in [1.82, 2.24) is 0 Å². The minimum Gasteiger partial charge on any atom is -0.384 e. The molecule has 0 saturated carbocycles. The lowest BCUT2D eigenvalue weighted by molar-refractivity contribution is 0.972. The summed E-state index contributed by atoms with van der Waals surface area (Å²) in [6, 6.07) is 8.52. The van der Waals surface area contributed by atoms with E-state index in [2.05, 4.69) is 41.5 Å².